The van der Waals surface area contributed by atoms with Crippen molar-refractivity contribution in [2.24, 2.45) is 0 Å². The summed E-state index contributed by atoms with van der Waals surface area (Å²) >= 11 is 0. The molecule has 0 aliphatic carbocycles. The van der Waals surface area contributed by atoms with Crippen LogP contribution < -0.4 is 10.1 Å². The molecule has 0 amide bonds. The second-order valence-corrected chi connectivity index (χ2v) is 4.02. The van der Waals surface area contributed by atoms with E-state index in [-0.39, 0.29) is 18.5 Å². The van der Waals surface area contributed by atoms with Crippen LogP contribution in [0.15, 0.2) is 18.2 Å². The van der Waals surface area contributed by atoms with Gasteiger partial charge in [0.15, 0.2) is 0 Å². The van der Waals surface area contributed by atoms with Crippen LogP contribution in [0.2, 0.25) is 0 Å². The van der Waals surface area contributed by atoms with E-state index in [2.05, 4.69) is 37.4 Å². The third kappa shape index (κ3) is 3.11. The quantitative estimate of drug-likeness (QED) is 0.839. The average molecular weight is 228 g/mol. The van der Waals surface area contributed by atoms with Gasteiger partial charge in [-0.05, 0) is 50.1 Å². The van der Waals surface area contributed by atoms with Crippen LogP contribution in [-0.4, -0.2) is 12.6 Å². The van der Waals surface area contributed by atoms with E-state index in [1.54, 1.807) is 0 Å². The van der Waals surface area contributed by atoms with Crippen LogP contribution in [0.1, 0.15) is 25.0 Å². The van der Waals surface area contributed by atoms with Crippen molar-refractivity contribution in [1.29, 1.82) is 0 Å². The zero-order valence-corrected chi connectivity index (χ0v) is 10.1. The fourth-order valence-corrected chi connectivity index (χ4v) is 1.80. The highest BCUT2D eigenvalue weighted by Crippen LogP contribution is 2.21. The maximum absolute atomic E-state index is 5.65. The summed E-state index contributed by atoms with van der Waals surface area (Å²) in [5, 5.41) is 3.37. The maximum Gasteiger partial charge on any atom is 0.120 e. The van der Waals surface area contributed by atoms with Crippen molar-refractivity contribution in [2.75, 3.05) is 6.54 Å². The molecule has 1 aromatic carbocycles. The summed E-state index contributed by atoms with van der Waals surface area (Å²) in [7, 11) is 0. The molecule has 1 aliphatic rings. The molecule has 0 spiro atoms. The van der Waals surface area contributed by atoms with Gasteiger partial charge in [0.05, 0.1) is 6.10 Å². The number of benzene rings is 1. The highest BCUT2D eigenvalue weighted by molar-refractivity contribution is 5.85. The Morgan fingerprint density at radius 2 is 2.07 bits per heavy atom. The Labute approximate surface area is 97.4 Å². The molecule has 84 valence electrons. The second-order valence-electron chi connectivity index (χ2n) is 4.02. The second kappa shape index (κ2) is 5.38. The standard InChI is InChI=1S/C12H17NO.ClH/c1-9(2)14-12-4-3-10-5-6-13-8-11(10)7-12;/h3-4,7,9,13H,5-6,8H2,1-2H3;1H. The summed E-state index contributed by atoms with van der Waals surface area (Å²) in [6, 6.07) is 6.42. The molecule has 0 saturated heterocycles. The predicted octanol–water partition coefficient (Wildman–Crippen LogP) is 2.54. The lowest BCUT2D eigenvalue weighted by atomic mass is 10.0. The van der Waals surface area contributed by atoms with Gasteiger partial charge in [0.2, 0.25) is 0 Å². The monoisotopic (exact) mass is 227 g/mol. The maximum atomic E-state index is 5.65. The fraction of sp³-hybridized carbons (Fsp3) is 0.500. The van der Waals surface area contributed by atoms with Crippen molar-refractivity contribution in [3.8, 4) is 5.75 Å². The van der Waals surface area contributed by atoms with Gasteiger partial charge < -0.3 is 10.1 Å². The summed E-state index contributed by atoms with van der Waals surface area (Å²) < 4.78 is 5.65. The van der Waals surface area contributed by atoms with Gasteiger partial charge in [0.25, 0.3) is 0 Å². The van der Waals surface area contributed by atoms with Crippen LogP contribution in [0.5, 0.6) is 5.75 Å². The number of nitrogens with one attached hydrogen (secondary N) is 1. The lowest BCUT2D eigenvalue weighted by Crippen LogP contribution is -2.23. The molecular weight excluding hydrogens is 210 g/mol. The van der Waals surface area contributed by atoms with Crippen molar-refractivity contribution in [3.05, 3.63) is 29.3 Å². The van der Waals surface area contributed by atoms with Gasteiger partial charge in [-0.3, -0.25) is 0 Å². The van der Waals surface area contributed by atoms with Crippen LogP contribution >= 0.6 is 12.4 Å². The lowest BCUT2D eigenvalue weighted by Gasteiger charge is -2.18. The number of fused-ring (bicyclic) bond motifs is 1. The lowest BCUT2D eigenvalue weighted by molar-refractivity contribution is 0.242. The molecule has 0 fully saturated rings. The number of hydrogen-bond acceptors (Lipinski definition) is 2. The Morgan fingerprint density at radius 1 is 1.27 bits per heavy atom. The molecule has 0 bridgehead atoms. The Hall–Kier alpha value is -0.730. The molecule has 2 rings (SSSR count). The summed E-state index contributed by atoms with van der Waals surface area (Å²) in [5.74, 6) is 0.988. The molecule has 0 atom stereocenters. The van der Waals surface area contributed by atoms with E-state index >= 15 is 0 Å². The molecule has 0 unspecified atom stereocenters. The Morgan fingerprint density at radius 3 is 2.80 bits per heavy atom. The van der Waals surface area contributed by atoms with E-state index < -0.39 is 0 Å². The van der Waals surface area contributed by atoms with Crippen LogP contribution in [0, 0.1) is 0 Å². The molecule has 1 aliphatic heterocycles. The fourth-order valence-electron chi connectivity index (χ4n) is 1.80. The Balaban J connectivity index is 0.00000112. The smallest absolute Gasteiger partial charge is 0.120 e. The molecule has 1 heterocycles. The molecule has 1 aromatic rings. The normalized spacial score (nSPS) is 14.3. The van der Waals surface area contributed by atoms with Gasteiger partial charge in [-0.2, -0.15) is 0 Å². The Kier molecular flexibility index (Phi) is 4.43. The minimum absolute atomic E-state index is 0. The molecule has 0 saturated carbocycles. The minimum Gasteiger partial charge on any atom is -0.491 e. The third-order valence-corrected chi connectivity index (χ3v) is 2.44. The first kappa shape index (κ1) is 12.3. The SMILES string of the molecule is CC(C)Oc1ccc2c(c1)CNCC2.Cl. The molecular formula is C12H18ClNO. The predicted molar refractivity (Wildman–Crippen MR) is 64.9 cm³/mol. The first-order chi connectivity index (χ1) is 6.75. The number of ether oxygens (including phenoxy) is 1. The molecule has 1 N–H and O–H groups in total. The minimum atomic E-state index is 0. The number of hydrogen-bond donors (Lipinski definition) is 1. The topological polar surface area (TPSA) is 21.3 Å². The molecule has 15 heavy (non-hydrogen) atoms. The highest BCUT2D eigenvalue weighted by Gasteiger charge is 2.09. The van der Waals surface area contributed by atoms with Crippen molar-refractivity contribution in [1.82, 2.24) is 5.32 Å². The summed E-state index contributed by atoms with van der Waals surface area (Å²) in [4.78, 5) is 0. The van der Waals surface area contributed by atoms with Gasteiger partial charge in [-0.15, -0.1) is 12.4 Å². The van der Waals surface area contributed by atoms with Crippen molar-refractivity contribution < 1.29 is 4.74 Å². The summed E-state index contributed by atoms with van der Waals surface area (Å²) in [5.41, 5.74) is 2.84. The molecule has 2 nitrogen and oxygen atoms in total. The van der Waals surface area contributed by atoms with Crippen LogP contribution in [0.25, 0.3) is 0 Å². The van der Waals surface area contributed by atoms with Crippen molar-refractivity contribution in [2.45, 2.75) is 32.9 Å². The number of rotatable bonds is 2. The zero-order chi connectivity index (χ0) is 9.97. The molecule has 0 radical (unpaired) electrons. The van der Waals surface area contributed by atoms with Gasteiger partial charge in [-0.25, -0.2) is 0 Å². The number of halogens is 1. The van der Waals surface area contributed by atoms with Gasteiger partial charge in [-0.1, -0.05) is 6.07 Å². The molecule has 3 heteroatoms. The van der Waals surface area contributed by atoms with E-state index in [0.29, 0.717) is 0 Å². The van der Waals surface area contributed by atoms with Crippen molar-refractivity contribution in [3.63, 3.8) is 0 Å². The van der Waals surface area contributed by atoms with E-state index in [1.165, 1.54) is 11.1 Å². The molecule has 0 aromatic heterocycles. The third-order valence-electron chi connectivity index (χ3n) is 2.44. The van der Waals surface area contributed by atoms with Gasteiger partial charge in [0, 0.05) is 6.54 Å². The largest absolute Gasteiger partial charge is 0.491 e. The first-order valence-corrected chi connectivity index (χ1v) is 5.25. The van der Waals surface area contributed by atoms with E-state index in [9.17, 15) is 0 Å². The van der Waals surface area contributed by atoms with E-state index in [4.69, 9.17) is 4.74 Å². The van der Waals surface area contributed by atoms with Gasteiger partial charge >= 0.3 is 0 Å². The summed E-state index contributed by atoms with van der Waals surface area (Å²) in [6.45, 7) is 6.18. The highest BCUT2D eigenvalue weighted by atomic mass is 35.5. The van der Waals surface area contributed by atoms with Crippen LogP contribution in [0.3, 0.4) is 0 Å². The van der Waals surface area contributed by atoms with Gasteiger partial charge in [0.1, 0.15) is 5.75 Å². The zero-order valence-electron chi connectivity index (χ0n) is 9.25. The average Bonchev–Trinajstić information content (AvgIpc) is 2.17. The first-order valence-electron chi connectivity index (χ1n) is 5.25. The van der Waals surface area contributed by atoms with E-state index in [1.807, 2.05) is 0 Å². The van der Waals surface area contributed by atoms with Crippen LogP contribution in [0.4, 0.5) is 0 Å². The Bertz CT molecular complexity index is 325. The van der Waals surface area contributed by atoms with E-state index in [0.717, 1.165) is 25.3 Å². The summed E-state index contributed by atoms with van der Waals surface area (Å²) in [6.07, 6.45) is 1.39. The van der Waals surface area contributed by atoms with Crippen molar-refractivity contribution >= 4 is 12.4 Å². The van der Waals surface area contributed by atoms with Crippen LogP contribution in [-0.2, 0) is 13.0 Å².